The van der Waals surface area contributed by atoms with Crippen molar-refractivity contribution in [3.63, 3.8) is 0 Å². The molecule has 0 spiro atoms. The Labute approximate surface area is 66.1 Å². The number of hydrogen-bond acceptors (Lipinski definition) is 3. The molecule has 0 bridgehead atoms. The molecule has 62 valence electrons. The van der Waals surface area contributed by atoms with E-state index < -0.39 is 0 Å². The Morgan fingerprint density at radius 3 is 3.09 bits per heavy atom. The summed E-state index contributed by atoms with van der Waals surface area (Å²) in [6, 6.07) is 0.944. The summed E-state index contributed by atoms with van der Waals surface area (Å²) in [5, 5.41) is 3.33. The molecule has 3 heteroatoms. The summed E-state index contributed by atoms with van der Waals surface area (Å²) in [5.74, 6) is 0.881. The third-order valence-electron chi connectivity index (χ3n) is 2.58. The molecule has 2 rings (SSSR count). The predicted molar refractivity (Wildman–Crippen MR) is 40.3 cm³/mol. The second-order valence-electron chi connectivity index (χ2n) is 3.49. The molecule has 2 heterocycles. The molecule has 0 amide bonds. The highest BCUT2D eigenvalue weighted by atomic mass is 16.5. The van der Waals surface area contributed by atoms with E-state index in [-0.39, 0.29) is 5.78 Å². The molecule has 0 aromatic rings. The van der Waals surface area contributed by atoms with Gasteiger partial charge in [-0.05, 0) is 6.92 Å². The van der Waals surface area contributed by atoms with Crippen molar-refractivity contribution in [1.29, 1.82) is 0 Å². The second kappa shape index (κ2) is 2.57. The highest BCUT2D eigenvalue weighted by Gasteiger charge is 2.44. The summed E-state index contributed by atoms with van der Waals surface area (Å²) >= 11 is 0. The summed E-state index contributed by atoms with van der Waals surface area (Å²) in [7, 11) is 0. The van der Waals surface area contributed by atoms with Crippen molar-refractivity contribution < 1.29 is 9.53 Å². The van der Waals surface area contributed by atoms with Gasteiger partial charge in [0.25, 0.3) is 0 Å². The quantitative estimate of drug-likeness (QED) is 0.607. The van der Waals surface area contributed by atoms with Crippen molar-refractivity contribution in [3.05, 3.63) is 0 Å². The molecule has 0 radical (unpaired) electrons. The number of Topliss-reactive ketones (excluding diaryl/α,β-unsaturated/α-hetero) is 1. The first-order valence-corrected chi connectivity index (χ1v) is 4.10. The van der Waals surface area contributed by atoms with Crippen LogP contribution in [0.25, 0.3) is 0 Å². The van der Waals surface area contributed by atoms with Crippen LogP contribution in [0.4, 0.5) is 0 Å². The first kappa shape index (κ1) is 7.25. The number of nitrogens with one attached hydrogen (secondary N) is 1. The first-order chi connectivity index (χ1) is 5.27. The van der Waals surface area contributed by atoms with Crippen molar-refractivity contribution in [2.24, 2.45) is 5.92 Å². The number of rotatable bonds is 2. The van der Waals surface area contributed by atoms with Gasteiger partial charge in [0.15, 0.2) is 0 Å². The molecule has 0 aromatic carbocycles. The van der Waals surface area contributed by atoms with Crippen LogP contribution >= 0.6 is 0 Å². The van der Waals surface area contributed by atoms with Crippen LogP contribution in [-0.4, -0.2) is 31.1 Å². The van der Waals surface area contributed by atoms with Gasteiger partial charge in [0, 0.05) is 24.4 Å². The molecule has 2 fully saturated rings. The van der Waals surface area contributed by atoms with Crippen LogP contribution in [0.3, 0.4) is 0 Å². The van der Waals surface area contributed by atoms with Crippen LogP contribution in [0.2, 0.25) is 0 Å². The molecule has 2 aliphatic heterocycles. The minimum absolute atomic E-state index is 0.271. The van der Waals surface area contributed by atoms with Gasteiger partial charge in [0.1, 0.15) is 5.78 Å². The number of carbonyl (C=O) groups excluding carboxylic acids is 1. The third kappa shape index (κ3) is 1.19. The van der Waals surface area contributed by atoms with E-state index in [1.54, 1.807) is 6.92 Å². The number of carbonyl (C=O) groups is 1. The fraction of sp³-hybridized carbons (Fsp3) is 0.875. The van der Waals surface area contributed by atoms with Crippen molar-refractivity contribution >= 4 is 5.78 Å². The van der Waals surface area contributed by atoms with Crippen molar-refractivity contribution in [2.75, 3.05) is 13.2 Å². The van der Waals surface area contributed by atoms with Gasteiger partial charge in [-0.25, -0.2) is 0 Å². The Hall–Kier alpha value is -0.410. The predicted octanol–water partition coefficient (Wildman–Crippen LogP) is -0.0477. The Bertz CT molecular complexity index is 181. The Morgan fingerprint density at radius 1 is 1.64 bits per heavy atom. The molecule has 0 saturated carbocycles. The van der Waals surface area contributed by atoms with E-state index in [1.165, 1.54) is 0 Å². The Balaban J connectivity index is 1.85. The topological polar surface area (TPSA) is 38.3 Å². The van der Waals surface area contributed by atoms with E-state index in [0.29, 0.717) is 24.4 Å². The molecule has 0 aliphatic carbocycles. The zero-order valence-corrected chi connectivity index (χ0v) is 6.67. The van der Waals surface area contributed by atoms with Crippen molar-refractivity contribution in [2.45, 2.75) is 25.4 Å². The largest absolute Gasteiger partial charge is 0.379 e. The molecule has 2 saturated heterocycles. The highest BCUT2D eigenvalue weighted by molar-refractivity contribution is 5.76. The number of ketones is 1. The normalized spacial score (nSPS) is 41.4. The Kier molecular flexibility index (Phi) is 1.69. The smallest absolute Gasteiger partial charge is 0.131 e. The van der Waals surface area contributed by atoms with Crippen molar-refractivity contribution in [3.8, 4) is 0 Å². The monoisotopic (exact) mass is 155 g/mol. The third-order valence-corrected chi connectivity index (χ3v) is 2.58. The molecule has 3 atom stereocenters. The zero-order chi connectivity index (χ0) is 7.84. The maximum Gasteiger partial charge on any atom is 0.131 e. The zero-order valence-electron chi connectivity index (χ0n) is 6.67. The van der Waals surface area contributed by atoms with Crippen molar-refractivity contribution in [1.82, 2.24) is 5.32 Å². The highest BCUT2D eigenvalue weighted by Crippen LogP contribution is 2.29. The van der Waals surface area contributed by atoms with E-state index >= 15 is 0 Å². The van der Waals surface area contributed by atoms with E-state index in [1.807, 2.05) is 0 Å². The molecule has 2 aliphatic rings. The van der Waals surface area contributed by atoms with Gasteiger partial charge in [-0.1, -0.05) is 0 Å². The van der Waals surface area contributed by atoms with Gasteiger partial charge in [0.2, 0.25) is 0 Å². The van der Waals surface area contributed by atoms with Gasteiger partial charge in [-0.15, -0.1) is 0 Å². The van der Waals surface area contributed by atoms with Gasteiger partial charge >= 0.3 is 0 Å². The maximum atomic E-state index is 10.8. The summed E-state index contributed by atoms with van der Waals surface area (Å²) in [6.07, 6.45) is 0.671. The maximum absolute atomic E-state index is 10.8. The average Bonchev–Trinajstić information content (AvgIpc) is 2.26. The van der Waals surface area contributed by atoms with E-state index in [4.69, 9.17) is 4.74 Å². The minimum Gasteiger partial charge on any atom is -0.379 e. The fourth-order valence-electron chi connectivity index (χ4n) is 1.94. The second-order valence-corrected chi connectivity index (χ2v) is 3.49. The summed E-state index contributed by atoms with van der Waals surface area (Å²) in [4.78, 5) is 10.8. The van der Waals surface area contributed by atoms with Crippen LogP contribution in [-0.2, 0) is 9.53 Å². The lowest BCUT2D eigenvalue weighted by Crippen LogP contribution is -2.61. The van der Waals surface area contributed by atoms with E-state index in [9.17, 15) is 4.79 Å². The molecule has 3 unspecified atom stereocenters. The molecular weight excluding hydrogens is 142 g/mol. The van der Waals surface area contributed by atoms with E-state index in [0.717, 1.165) is 13.2 Å². The minimum atomic E-state index is 0.271. The summed E-state index contributed by atoms with van der Waals surface area (Å²) in [5.41, 5.74) is 0. The Morgan fingerprint density at radius 2 is 2.45 bits per heavy atom. The number of ether oxygens (including phenoxy) is 1. The lowest BCUT2D eigenvalue weighted by atomic mass is 9.83. The summed E-state index contributed by atoms with van der Waals surface area (Å²) in [6.45, 7) is 3.32. The number of fused-ring (bicyclic) bond motifs is 1. The molecular formula is C8H13NO2. The van der Waals surface area contributed by atoms with Gasteiger partial charge in [-0.2, -0.15) is 0 Å². The van der Waals surface area contributed by atoms with Crippen LogP contribution in [0, 0.1) is 5.92 Å². The SMILES string of the molecule is CC(=O)CC1NC2COCC21. The van der Waals surface area contributed by atoms with Crippen LogP contribution in [0.1, 0.15) is 13.3 Å². The van der Waals surface area contributed by atoms with Crippen LogP contribution in [0.15, 0.2) is 0 Å². The molecule has 3 nitrogen and oxygen atoms in total. The summed E-state index contributed by atoms with van der Waals surface area (Å²) < 4.78 is 5.27. The molecule has 0 aromatic heterocycles. The van der Waals surface area contributed by atoms with Crippen LogP contribution in [0.5, 0.6) is 0 Å². The lowest BCUT2D eigenvalue weighted by molar-refractivity contribution is -0.118. The fourth-order valence-corrected chi connectivity index (χ4v) is 1.94. The van der Waals surface area contributed by atoms with Gasteiger partial charge < -0.3 is 10.1 Å². The number of hydrogen-bond donors (Lipinski definition) is 1. The van der Waals surface area contributed by atoms with Gasteiger partial charge in [-0.3, -0.25) is 4.79 Å². The van der Waals surface area contributed by atoms with Crippen LogP contribution < -0.4 is 5.32 Å². The first-order valence-electron chi connectivity index (χ1n) is 4.10. The van der Waals surface area contributed by atoms with E-state index in [2.05, 4.69) is 5.32 Å². The lowest BCUT2D eigenvalue weighted by Gasteiger charge is -2.40. The molecule has 11 heavy (non-hydrogen) atoms. The molecule has 1 N–H and O–H groups in total. The van der Waals surface area contributed by atoms with Gasteiger partial charge in [0.05, 0.1) is 13.2 Å². The standard InChI is InChI=1S/C8H13NO2/c1-5(10)2-7-6-3-11-4-8(6)9-7/h6-9H,2-4H2,1H3. The average molecular weight is 155 g/mol.